The Bertz CT molecular complexity index is 3120. The van der Waals surface area contributed by atoms with Crippen LogP contribution in [0.2, 0.25) is 0 Å². The van der Waals surface area contributed by atoms with Gasteiger partial charge in [0.15, 0.2) is 5.58 Å². The average Bonchev–Trinajstić information content (AvgIpc) is 3.84. The minimum Gasteiger partial charge on any atom is -0.454 e. The first-order chi connectivity index (χ1) is 28.3. The summed E-state index contributed by atoms with van der Waals surface area (Å²) in [7, 11) is 0. The first-order valence-electron chi connectivity index (χ1n) is 19.3. The quantitative estimate of drug-likeness (QED) is 0.164. The van der Waals surface area contributed by atoms with Crippen LogP contribution < -0.4 is 4.90 Å². The smallest absolute Gasteiger partial charge is 0.159 e. The van der Waals surface area contributed by atoms with Crippen molar-refractivity contribution in [3.8, 4) is 39.1 Å². The number of rotatable bonds is 7. The van der Waals surface area contributed by atoms with Crippen LogP contribution in [0, 0.1) is 0 Å². The molecule has 0 saturated heterocycles. The molecule has 0 spiro atoms. The molecule has 0 unspecified atom stereocenters. The van der Waals surface area contributed by atoms with E-state index in [2.05, 4.69) is 204 Å². The highest BCUT2D eigenvalue weighted by molar-refractivity contribution is 6.13. The summed E-state index contributed by atoms with van der Waals surface area (Å²) in [5.41, 5.74) is 14.0. The van der Waals surface area contributed by atoms with E-state index in [4.69, 9.17) is 9.40 Å². The Kier molecular flexibility index (Phi) is 7.78. The molecule has 4 heteroatoms. The Labute approximate surface area is 330 Å². The van der Waals surface area contributed by atoms with Crippen LogP contribution >= 0.6 is 0 Å². The third-order valence-corrected chi connectivity index (χ3v) is 11.1. The SMILES string of the molecule is c1ccc(-c2ccc(N(c3ccc(-c4ccccc4)cc3)c3ccc(-c4ccc5c(c4)c4ccccc4n5-c4cccc5c4oc4ccccc45)cn3)cc2)cc1. The van der Waals surface area contributed by atoms with Crippen LogP contribution in [-0.2, 0) is 0 Å². The van der Waals surface area contributed by atoms with Crippen LogP contribution in [-0.4, -0.2) is 9.55 Å². The van der Waals surface area contributed by atoms with Crippen LogP contribution in [0.4, 0.5) is 17.2 Å². The molecule has 0 aliphatic carbocycles. The lowest BCUT2D eigenvalue weighted by molar-refractivity contribution is 0.666. The van der Waals surface area contributed by atoms with E-state index in [0.29, 0.717) is 0 Å². The molecule has 57 heavy (non-hydrogen) atoms. The summed E-state index contributed by atoms with van der Waals surface area (Å²) in [5.74, 6) is 0.843. The largest absolute Gasteiger partial charge is 0.454 e. The van der Waals surface area contributed by atoms with Crippen molar-refractivity contribution in [1.82, 2.24) is 9.55 Å². The molecule has 268 valence electrons. The minimum absolute atomic E-state index is 0.843. The van der Waals surface area contributed by atoms with Gasteiger partial charge in [0.2, 0.25) is 0 Å². The van der Waals surface area contributed by atoms with Gasteiger partial charge < -0.3 is 8.98 Å². The van der Waals surface area contributed by atoms with Crippen molar-refractivity contribution in [1.29, 1.82) is 0 Å². The molecular weight excluding hydrogens is 695 g/mol. The molecule has 0 bridgehead atoms. The number of hydrogen-bond donors (Lipinski definition) is 0. The van der Waals surface area contributed by atoms with Gasteiger partial charge in [-0.1, -0.05) is 140 Å². The first kappa shape index (κ1) is 32.7. The van der Waals surface area contributed by atoms with E-state index < -0.39 is 0 Å². The maximum atomic E-state index is 6.51. The van der Waals surface area contributed by atoms with Crippen LogP contribution in [0.1, 0.15) is 0 Å². The van der Waals surface area contributed by atoms with Gasteiger partial charge >= 0.3 is 0 Å². The second-order valence-electron chi connectivity index (χ2n) is 14.4. The van der Waals surface area contributed by atoms with E-state index in [-0.39, 0.29) is 0 Å². The number of hydrogen-bond acceptors (Lipinski definition) is 3. The lowest BCUT2D eigenvalue weighted by atomic mass is 10.0. The molecule has 0 atom stereocenters. The van der Waals surface area contributed by atoms with Crippen molar-refractivity contribution in [2.75, 3.05) is 4.90 Å². The van der Waals surface area contributed by atoms with Gasteiger partial charge in [-0.05, 0) is 94.5 Å². The molecule has 8 aromatic carbocycles. The summed E-state index contributed by atoms with van der Waals surface area (Å²) >= 11 is 0. The van der Waals surface area contributed by atoms with Gasteiger partial charge in [-0.2, -0.15) is 0 Å². The highest BCUT2D eigenvalue weighted by atomic mass is 16.3. The highest BCUT2D eigenvalue weighted by Gasteiger charge is 2.19. The molecule has 0 aliphatic rings. The Balaban J connectivity index is 0.989. The number of anilines is 3. The van der Waals surface area contributed by atoms with Gasteiger partial charge in [-0.25, -0.2) is 4.98 Å². The van der Waals surface area contributed by atoms with Crippen molar-refractivity contribution < 1.29 is 4.42 Å². The minimum atomic E-state index is 0.843. The molecule has 11 aromatic rings. The summed E-state index contributed by atoms with van der Waals surface area (Å²) in [5, 5.41) is 4.61. The topological polar surface area (TPSA) is 34.2 Å². The second-order valence-corrected chi connectivity index (χ2v) is 14.4. The molecule has 3 heterocycles. The maximum Gasteiger partial charge on any atom is 0.159 e. The summed E-state index contributed by atoms with van der Waals surface area (Å²) in [6.07, 6.45) is 1.99. The predicted octanol–water partition coefficient (Wildman–Crippen LogP) is 14.5. The van der Waals surface area contributed by atoms with Crippen molar-refractivity contribution in [3.63, 3.8) is 0 Å². The maximum absolute atomic E-state index is 6.51. The third kappa shape index (κ3) is 5.66. The molecule has 0 amide bonds. The van der Waals surface area contributed by atoms with E-state index in [1.54, 1.807) is 0 Å². The molecule has 0 radical (unpaired) electrons. The van der Waals surface area contributed by atoms with Crippen molar-refractivity contribution in [2.24, 2.45) is 0 Å². The van der Waals surface area contributed by atoms with Crippen molar-refractivity contribution in [2.45, 2.75) is 0 Å². The lowest BCUT2D eigenvalue weighted by Crippen LogP contribution is -2.11. The number of nitrogens with zero attached hydrogens (tertiary/aromatic N) is 3. The summed E-state index contributed by atoms with van der Waals surface area (Å²) in [6, 6.07) is 72.8. The van der Waals surface area contributed by atoms with Crippen LogP contribution in [0.3, 0.4) is 0 Å². The molecular formula is C53H35N3O. The van der Waals surface area contributed by atoms with Gasteiger partial charge in [-0.3, -0.25) is 4.90 Å². The van der Waals surface area contributed by atoms with E-state index in [1.807, 2.05) is 18.3 Å². The Hall–Kier alpha value is -7.69. The average molecular weight is 730 g/mol. The van der Waals surface area contributed by atoms with Crippen molar-refractivity contribution in [3.05, 3.63) is 212 Å². The Morgan fingerprint density at radius 1 is 0.386 bits per heavy atom. The zero-order valence-electron chi connectivity index (χ0n) is 31.0. The molecule has 0 N–H and O–H groups in total. The number of aromatic nitrogens is 2. The van der Waals surface area contributed by atoms with E-state index in [0.717, 1.165) is 67.0 Å². The fourth-order valence-corrected chi connectivity index (χ4v) is 8.29. The van der Waals surface area contributed by atoms with Gasteiger partial charge in [0.1, 0.15) is 11.4 Å². The van der Waals surface area contributed by atoms with Gasteiger partial charge in [0.25, 0.3) is 0 Å². The second kappa shape index (κ2) is 13.6. The van der Waals surface area contributed by atoms with E-state index in [1.165, 1.54) is 33.0 Å². The predicted molar refractivity (Wildman–Crippen MR) is 237 cm³/mol. The zero-order valence-corrected chi connectivity index (χ0v) is 31.0. The first-order valence-corrected chi connectivity index (χ1v) is 19.3. The number of furan rings is 1. The monoisotopic (exact) mass is 729 g/mol. The molecule has 0 fully saturated rings. The van der Waals surface area contributed by atoms with Crippen LogP contribution in [0.5, 0.6) is 0 Å². The van der Waals surface area contributed by atoms with Crippen LogP contribution in [0.15, 0.2) is 217 Å². The lowest BCUT2D eigenvalue weighted by Gasteiger charge is -2.25. The normalized spacial score (nSPS) is 11.5. The number of benzene rings is 8. The van der Waals surface area contributed by atoms with Crippen LogP contribution in [0.25, 0.3) is 82.8 Å². The van der Waals surface area contributed by atoms with Crippen molar-refractivity contribution >= 4 is 60.9 Å². The summed E-state index contributed by atoms with van der Waals surface area (Å²) in [6.45, 7) is 0. The fraction of sp³-hybridized carbons (Fsp3) is 0. The van der Waals surface area contributed by atoms with Gasteiger partial charge in [-0.15, -0.1) is 0 Å². The molecule has 11 rings (SSSR count). The molecule has 0 saturated carbocycles. The van der Waals surface area contributed by atoms with E-state index in [9.17, 15) is 0 Å². The molecule has 4 nitrogen and oxygen atoms in total. The zero-order chi connectivity index (χ0) is 37.7. The number of para-hydroxylation sites is 3. The van der Waals surface area contributed by atoms with E-state index >= 15 is 0 Å². The van der Waals surface area contributed by atoms with Gasteiger partial charge in [0, 0.05) is 44.7 Å². The fourth-order valence-electron chi connectivity index (χ4n) is 8.29. The molecule has 3 aromatic heterocycles. The molecule has 0 aliphatic heterocycles. The van der Waals surface area contributed by atoms with Gasteiger partial charge in [0.05, 0.1) is 16.7 Å². The highest BCUT2D eigenvalue weighted by Crippen LogP contribution is 2.40. The Morgan fingerprint density at radius 2 is 0.930 bits per heavy atom. The summed E-state index contributed by atoms with van der Waals surface area (Å²) in [4.78, 5) is 7.35. The number of pyridine rings is 1. The third-order valence-electron chi connectivity index (χ3n) is 11.1. The number of fused-ring (bicyclic) bond motifs is 6. The standard InChI is InChI=1S/C53H35N3O/c1-3-12-36(13-4-1)38-22-28-42(29-23-38)55(43-30-24-39(25-31-43)37-14-5-2-6-15-37)52-33-27-41(35-54-52)40-26-32-49-47(34-40)44-16-7-9-19-48(44)56(49)50-20-11-18-46-45-17-8-10-21-51(45)57-53(46)50/h1-35H. The summed E-state index contributed by atoms with van der Waals surface area (Å²) < 4.78 is 8.85. The Morgan fingerprint density at radius 3 is 1.60 bits per heavy atom.